The molecule has 2 aromatic carbocycles. The summed E-state index contributed by atoms with van der Waals surface area (Å²) in [7, 11) is 1.17. The molecule has 2 saturated carbocycles. The van der Waals surface area contributed by atoms with Crippen LogP contribution in [0.3, 0.4) is 0 Å². The summed E-state index contributed by atoms with van der Waals surface area (Å²) in [6.07, 6.45) is 0.961. The van der Waals surface area contributed by atoms with Crippen LogP contribution in [0.15, 0.2) is 48.5 Å². The molecule has 2 aliphatic rings. The van der Waals surface area contributed by atoms with E-state index in [1.165, 1.54) is 31.4 Å². The summed E-state index contributed by atoms with van der Waals surface area (Å²) in [5, 5.41) is 11.8. The number of amides is 2. The van der Waals surface area contributed by atoms with Crippen LogP contribution >= 0.6 is 11.6 Å². The first-order valence-electron chi connectivity index (χ1n) is 17.3. The van der Waals surface area contributed by atoms with Gasteiger partial charge in [0.2, 0.25) is 17.7 Å². The molecule has 0 spiro atoms. The van der Waals surface area contributed by atoms with Gasteiger partial charge in [-0.1, -0.05) is 43.5 Å². The second-order valence-corrected chi connectivity index (χ2v) is 13.9. The Labute approximate surface area is 309 Å². The van der Waals surface area contributed by atoms with Crippen molar-refractivity contribution in [1.29, 1.82) is 0 Å². The second kappa shape index (κ2) is 17.2. The van der Waals surface area contributed by atoms with Crippen LogP contribution in [0.5, 0.6) is 6.01 Å². The molecule has 3 atom stereocenters. The summed E-state index contributed by atoms with van der Waals surface area (Å²) in [5.74, 6) is -2.02. The lowest BCUT2D eigenvalue weighted by molar-refractivity contribution is -0.154. The molecule has 1 aromatic heterocycles. The number of anilines is 3. The number of rotatable bonds is 16. The van der Waals surface area contributed by atoms with E-state index in [9.17, 15) is 32.3 Å². The fourth-order valence-corrected chi connectivity index (χ4v) is 6.39. The number of nitrogens with one attached hydrogen (secondary N) is 4. The molecule has 1 heterocycles. The van der Waals surface area contributed by atoms with Crippen LogP contribution in [0.2, 0.25) is 5.02 Å². The molecular weight excluding hydrogens is 719 g/mol. The molecule has 0 saturated heterocycles. The van der Waals surface area contributed by atoms with Gasteiger partial charge in [-0.15, -0.1) is 0 Å². The van der Waals surface area contributed by atoms with E-state index in [1.54, 1.807) is 12.1 Å². The Morgan fingerprint density at radius 1 is 0.981 bits per heavy atom. The number of alkyl halides is 3. The highest BCUT2D eigenvalue weighted by Crippen LogP contribution is 2.48. The van der Waals surface area contributed by atoms with E-state index in [0.29, 0.717) is 16.6 Å². The average Bonchev–Trinajstić information content (AvgIpc) is 3.90. The van der Waals surface area contributed by atoms with Gasteiger partial charge >= 0.3 is 18.2 Å². The number of hydrogen-bond donors (Lipinski definition) is 4. The largest absolute Gasteiger partial charge is 0.467 e. The van der Waals surface area contributed by atoms with Crippen molar-refractivity contribution in [2.45, 2.75) is 76.0 Å². The molecule has 284 valence electrons. The summed E-state index contributed by atoms with van der Waals surface area (Å²) < 4.78 is 48.5. The lowest BCUT2D eigenvalue weighted by Crippen LogP contribution is -2.44. The summed E-state index contributed by atoms with van der Waals surface area (Å²) in [5.41, 5.74) is 0.894. The third kappa shape index (κ3) is 11.5. The van der Waals surface area contributed by atoms with Gasteiger partial charge in [-0.25, -0.2) is 4.79 Å². The minimum atomic E-state index is -4.63. The van der Waals surface area contributed by atoms with Crippen LogP contribution in [0.4, 0.5) is 30.8 Å². The van der Waals surface area contributed by atoms with E-state index >= 15 is 0 Å². The highest BCUT2D eigenvalue weighted by molar-refractivity contribution is 6.36. The van der Waals surface area contributed by atoms with Crippen molar-refractivity contribution in [2.75, 3.05) is 30.9 Å². The van der Waals surface area contributed by atoms with Crippen molar-refractivity contribution in [3.63, 3.8) is 0 Å². The maximum absolute atomic E-state index is 13.1. The van der Waals surface area contributed by atoms with E-state index < -0.39 is 53.9 Å². The zero-order valence-corrected chi connectivity index (χ0v) is 30.0. The lowest BCUT2D eigenvalue weighted by Gasteiger charge is -2.25. The average molecular weight is 760 g/mol. The maximum atomic E-state index is 13.1. The number of nitrogens with zero attached hydrogens (tertiary/aromatic N) is 3. The number of Topliss-reactive ketones (excluding diaryl/α,β-unsaturated/α-hetero) is 1. The minimum absolute atomic E-state index is 0.0172. The third-order valence-corrected chi connectivity index (χ3v) is 9.41. The second-order valence-electron chi connectivity index (χ2n) is 13.4. The maximum Gasteiger partial charge on any atom is 0.422 e. The van der Waals surface area contributed by atoms with Crippen LogP contribution in [0, 0.1) is 11.8 Å². The van der Waals surface area contributed by atoms with Gasteiger partial charge in [0, 0.05) is 29.2 Å². The van der Waals surface area contributed by atoms with Gasteiger partial charge in [0.15, 0.2) is 6.61 Å². The third-order valence-electron chi connectivity index (χ3n) is 9.16. The zero-order chi connectivity index (χ0) is 38.2. The van der Waals surface area contributed by atoms with Crippen LogP contribution in [-0.2, 0) is 24.7 Å². The SMILES string of the molecule is COC(=O)[C@H](CCNC(=O)C(=O)CC1CCCC(C)C1)NC(=O)c1ccc(Nc2nc(NC3(c4ccc(Cl)cc4)CC3)nc(OCC(F)(F)F)n2)cc1. The molecule has 13 nitrogen and oxygen atoms in total. The van der Waals surface area contributed by atoms with E-state index in [0.717, 1.165) is 44.1 Å². The van der Waals surface area contributed by atoms with Crippen molar-refractivity contribution in [1.82, 2.24) is 25.6 Å². The molecule has 4 N–H and O–H groups in total. The van der Waals surface area contributed by atoms with Gasteiger partial charge < -0.3 is 30.7 Å². The van der Waals surface area contributed by atoms with E-state index in [2.05, 4.69) is 43.1 Å². The Bertz CT molecular complexity index is 1770. The molecule has 2 aliphatic carbocycles. The number of hydrogen-bond acceptors (Lipinski definition) is 11. The molecular formula is C36H41ClF3N7O6. The summed E-state index contributed by atoms with van der Waals surface area (Å²) in [6.45, 7) is 0.479. The Balaban J connectivity index is 1.20. The van der Waals surface area contributed by atoms with Gasteiger partial charge in [-0.2, -0.15) is 28.1 Å². The summed E-state index contributed by atoms with van der Waals surface area (Å²) in [4.78, 5) is 62.8. The van der Waals surface area contributed by atoms with Crippen LogP contribution in [0.25, 0.3) is 0 Å². The first-order valence-corrected chi connectivity index (χ1v) is 17.7. The smallest absolute Gasteiger partial charge is 0.422 e. The standard InChI is InChI=1S/C36H41ClF3N7O6/c1-21-4-3-5-22(18-21)19-28(48)30(50)41-17-14-27(31(51)52-2)43-29(49)23-6-12-26(13-7-23)42-32-44-33(46-34(45-32)53-20-36(38,39)40)47-35(15-16-35)24-8-10-25(37)11-9-24/h6-13,21-22,27H,3-5,14-20H2,1-2H3,(H,41,50)(H,43,49)(H2,42,44,45,46,47)/t21?,22?,27-/m0/s1. The number of carbonyl (C=O) groups excluding carboxylic acids is 4. The van der Waals surface area contributed by atoms with Crippen molar-refractivity contribution in [3.05, 3.63) is 64.7 Å². The van der Waals surface area contributed by atoms with Crippen LogP contribution < -0.4 is 26.0 Å². The van der Waals surface area contributed by atoms with Gasteiger partial charge in [-0.05, 0) is 85.9 Å². The fraction of sp³-hybridized carbons (Fsp3) is 0.472. The van der Waals surface area contributed by atoms with Crippen molar-refractivity contribution in [3.8, 4) is 6.01 Å². The number of aromatic nitrogens is 3. The Kier molecular flexibility index (Phi) is 12.7. The molecule has 0 aliphatic heterocycles. The van der Waals surface area contributed by atoms with E-state index in [1.807, 2.05) is 12.1 Å². The quantitative estimate of drug-likeness (QED) is 0.102. The van der Waals surface area contributed by atoms with Crippen LogP contribution in [-0.4, -0.2) is 71.0 Å². The molecule has 0 radical (unpaired) electrons. The normalized spacial score (nSPS) is 18.2. The van der Waals surface area contributed by atoms with E-state index in [-0.39, 0.29) is 42.8 Å². The van der Waals surface area contributed by atoms with Gasteiger partial charge in [0.05, 0.1) is 12.6 Å². The first kappa shape index (κ1) is 39.2. The monoisotopic (exact) mass is 759 g/mol. The molecule has 0 bridgehead atoms. The first-order chi connectivity index (χ1) is 25.2. The van der Waals surface area contributed by atoms with Gasteiger partial charge in [0.25, 0.3) is 11.8 Å². The zero-order valence-electron chi connectivity index (χ0n) is 29.2. The minimum Gasteiger partial charge on any atom is -0.467 e. The topological polar surface area (TPSA) is 174 Å². The predicted octanol–water partition coefficient (Wildman–Crippen LogP) is 5.87. The van der Waals surface area contributed by atoms with Gasteiger partial charge in [0.1, 0.15) is 6.04 Å². The number of ketones is 1. The molecule has 2 unspecified atom stereocenters. The van der Waals surface area contributed by atoms with Crippen molar-refractivity contribution < 1.29 is 41.8 Å². The number of esters is 1. The molecule has 5 rings (SSSR count). The Hall–Kier alpha value is -4.99. The summed E-state index contributed by atoms with van der Waals surface area (Å²) >= 11 is 6.03. The highest BCUT2D eigenvalue weighted by Gasteiger charge is 2.45. The molecule has 2 amide bonds. The lowest BCUT2D eigenvalue weighted by atomic mass is 9.80. The highest BCUT2D eigenvalue weighted by atomic mass is 35.5. The van der Waals surface area contributed by atoms with Crippen molar-refractivity contribution >= 4 is 52.8 Å². The number of ether oxygens (including phenoxy) is 2. The van der Waals surface area contributed by atoms with E-state index in [4.69, 9.17) is 21.1 Å². The summed E-state index contributed by atoms with van der Waals surface area (Å²) in [6, 6.07) is 11.4. The predicted molar refractivity (Wildman–Crippen MR) is 189 cm³/mol. The molecule has 3 aromatic rings. The Morgan fingerprint density at radius 2 is 1.68 bits per heavy atom. The molecule has 17 heteroatoms. The molecule has 53 heavy (non-hydrogen) atoms. The Morgan fingerprint density at radius 3 is 2.32 bits per heavy atom. The van der Waals surface area contributed by atoms with Crippen LogP contribution in [0.1, 0.15) is 74.2 Å². The number of carbonyl (C=O) groups is 4. The van der Waals surface area contributed by atoms with Gasteiger partial charge in [-0.3, -0.25) is 14.4 Å². The number of halogens is 4. The number of methoxy groups -OCH3 is 1. The molecule has 2 fully saturated rings. The number of benzene rings is 2. The van der Waals surface area contributed by atoms with Crippen molar-refractivity contribution in [2.24, 2.45) is 11.8 Å². The fourth-order valence-electron chi connectivity index (χ4n) is 6.27.